The van der Waals surface area contributed by atoms with Crippen molar-refractivity contribution in [3.63, 3.8) is 0 Å². The maximum atomic E-state index is 6.22. The van der Waals surface area contributed by atoms with Crippen molar-refractivity contribution in [2.75, 3.05) is 4.90 Å². The first-order valence-corrected chi connectivity index (χ1v) is 19.6. The van der Waals surface area contributed by atoms with Gasteiger partial charge in [-0.25, -0.2) is 0 Å². The molecule has 3 aliphatic rings. The molecule has 0 amide bonds. The first-order chi connectivity index (χ1) is 27.8. The highest BCUT2D eigenvalue weighted by molar-refractivity contribution is 6.28. The molecule has 1 unspecified atom stereocenters. The lowest BCUT2D eigenvalue weighted by atomic mass is 9.63. The Balaban J connectivity index is 1.04. The first kappa shape index (κ1) is 30.3. The largest absolute Gasteiger partial charge is 0.456 e. The number of para-hydroxylation sites is 2. The van der Waals surface area contributed by atoms with Crippen LogP contribution in [0.15, 0.2) is 192 Å². The Bertz CT molecular complexity index is 3360. The molecule has 0 N–H and O–H groups in total. The summed E-state index contributed by atoms with van der Waals surface area (Å²) in [7, 11) is 0. The Morgan fingerprint density at radius 3 is 2.12 bits per heavy atom. The summed E-state index contributed by atoms with van der Waals surface area (Å²) in [4.78, 5) is 2.42. The summed E-state index contributed by atoms with van der Waals surface area (Å²) in [5.41, 5.74) is 17.1. The van der Waals surface area contributed by atoms with Gasteiger partial charge < -0.3 is 13.9 Å². The van der Waals surface area contributed by atoms with E-state index in [-0.39, 0.29) is 0 Å². The molecule has 0 bridgehead atoms. The van der Waals surface area contributed by atoms with Crippen molar-refractivity contribution in [2.24, 2.45) is 0 Å². The second-order valence-electron chi connectivity index (χ2n) is 15.5. The second kappa shape index (κ2) is 11.0. The van der Waals surface area contributed by atoms with Crippen molar-refractivity contribution in [3.05, 3.63) is 210 Å². The van der Waals surface area contributed by atoms with Gasteiger partial charge in [-0.3, -0.25) is 0 Å². The predicted molar refractivity (Wildman–Crippen MR) is 232 cm³/mol. The third kappa shape index (κ3) is 3.77. The minimum absolute atomic E-state index is 0.398. The summed E-state index contributed by atoms with van der Waals surface area (Å²) in [5.74, 6) is 0. The highest BCUT2D eigenvalue weighted by Crippen LogP contribution is 2.63. The summed E-state index contributed by atoms with van der Waals surface area (Å²) >= 11 is 0. The van der Waals surface area contributed by atoms with Gasteiger partial charge in [-0.15, -0.1) is 0 Å². The fraction of sp³-hybridized carbons (Fsp3) is 0.0566. The molecule has 0 spiro atoms. The molecule has 0 aliphatic heterocycles. The van der Waals surface area contributed by atoms with Gasteiger partial charge in [0.05, 0.1) is 16.4 Å². The molecule has 0 saturated carbocycles. The molecule has 13 rings (SSSR count). The van der Waals surface area contributed by atoms with Crippen LogP contribution in [0, 0.1) is 0 Å². The van der Waals surface area contributed by atoms with E-state index >= 15 is 0 Å². The Morgan fingerprint density at radius 2 is 1.25 bits per heavy atom. The van der Waals surface area contributed by atoms with Crippen LogP contribution >= 0.6 is 0 Å². The van der Waals surface area contributed by atoms with Gasteiger partial charge in [0.15, 0.2) is 0 Å². The van der Waals surface area contributed by atoms with Crippen LogP contribution in [0.25, 0.3) is 71.3 Å². The summed E-state index contributed by atoms with van der Waals surface area (Å²) in [6, 6.07) is 62.5. The van der Waals surface area contributed by atoms with Crippen LogP contribution in [-0.4, -0.2) is 4.57 Å². The quantitative estimate of drug-likeness (QED) is 0.177. The van der Waals surface area contributed by atoms with Crippen molar-refractivity contribution in [1.82, 2.24) is 4.57 Å². The Kier molecular flexibility index (Phi) is 5.94. The molecule has 0 radical (unpaired) electrons. The molecular weight excluding hydrogens is 681 g/mol. The summed E-state index contributed by atoms with van der Waals surface area (Å²) in [5, 5.41) is 7.72. The van der Waals surface area contributed by atoms with E-state index in [0.717, 1.165) is 46.2 Å². The highest BCUT2D eigenvalue weighted by Gasteiger charge is 2.50. The molecule has 0 fully saturated rings. The molecule has 56 heavy (non-hydrogen) atoms. The van der Waals surface area contributed by atoms with Gasteiger partial charge >= 0.3 is 0 Å². The fourth-order valence-electron chi connectivity index (χ4n) is 10.7. The van der Waals surface area contributed by atoms with Crippen LogP contribution in [-0.2, 0) is 5.41 Å². The lowest BCUT2D eigenvalue weighted by molar-refractivity contribution is 0.669. The maximum Gasteiger partial charge on any atom is 0.135 e. The van der Waals surface area contributed by atoms with Crippen LogP contribution in [0.4, 0.5) is 11.4 Å². The minimum Gasteiger partial charge on any atom is -0.456 e. The lowest BCUT2D eigenvalue weighted by Crippen LogP contribution is -2.30. The number of anilines is 2. The summed E-state index contributed by atoms with van der Waals surface area (Å²) < 4.78 is 8.80. The van der Waals surface area contributed by atoms with Gasteiger partial charge in [0.2, 0.25) is 0 Å². The average molecular weight is 715 g/mol. The summed E-state index contributed by atoms with van der Waals surface area (Å²) in [6.07, 6.45) is 6.53. The van der Waals surface area contributed by atoms with Gasteiger partial charge in [0, 0.05) is 44.3 Å². The normalized spacial score (nSPS) is 16.7. The molecule has 8 aromatic carbocycles. The number of fused-ring (bicyclic) bond motifs is 7. The van der Waals surface area contributed by atoms with E-state index in [1.807, 2.05) is 12.1 Å². The zero-order valence-corrected chi connectivity index (χ0v) is 30.5. The van der Waals surface area contributed by atoms with Crippen molar-refractivity contribution in [3.8, 4) is 11.1 Å². The van der Waals surface area contributed by atoms with Crippen molar-refractivity contribution in [2.45, 2.75) is 18.3 Å². The standard InChI is InChI=1S/C53H34N2O/c1-3-13-34(14-4-1)53-43-19-9-7-17-39(43)41-28-30-46-51(52(41)53)50-45(29-22-33-12-11-20-44(53)49(33)50)55(46)37-25-23-36(24-26-37)54(35-15-5-2-6-16-35)38-27-31-48-42(32-38)40-18-8-10-21-47(40)56-48/h1-23,25,27-32H,24,26H2. The Labute approximate surface area is 323 Å². The van der Waals surface area contributed by atoms with Gasteiger partial charge in [0.25, 0.3) is 0 Å². The zero-order chi connectivity index (χ0) is 36.5. The van der Waals surface area contributed by atoms with Gasteiger partial charge in [0.1, 0.15) is 11.2 Å². The van der Waals surface area contributed by atoms with E-state index in [4.69, 9.17) is 4.42 Å². The molecule has 2 aromatic heterocycles. The highest BCUT2D eigenvalue weighted by atomic mass is 16.3. The summed E-state index contributed by atoms with van der Waals surface area (Å²) in [6.45, 7) is 0. The number of aromatic nitrogens is 1. The Hall–Kier alpha value is -7.10. The number of hydrogen-bond acceptors (Lipinski definition) is 2. The Morgan fingerprint density at radius 1 is 0.500 bits per heavy atom. The number of allylic oxidation sites excluding steroid dienone is 4. The molecule has 3 heteroatoms. The SMILES string of the molecule is C1=C(N(c2ccccc2)c2ccc3oc4ccccc4c3c2)CCC(n2c3ccc4c5c3c3c6c(cccc6ccc32)C5(c2ccccc2)c2ccccc2-4)=C1. The van der Waals surface area contributed by atoms with E-state index < -0.39 is 5.41 Å². The topological polar surface area (TPSA) is 21.3 Å². The van der Waals surface area contributed by atoms with Crippen LogP contribution in [0.3, 0.4) is 0 Å². The fourth-order valence-corrected chi connectivity index (χ4v) is 10.7. The van der Waals surface area contributed by atoms with Crippen molar-refractivity contribution in [1.29, 1.82) is 0 Å². The molecule has 10 aromatic rings. The minimum atomic E-state index is -0.398. The number of rotatable bonds is 5. The van der Waals surface area contributed by atoms with Crippen LogP contribution in [0.1, 0.15) is 35.1 Å². The molecule has 2 heterocycles. The van der Waals surface area contributed by atoms with Crippen LogP contribution in [0.2, 0.25) is 0 Å². The predicted octanol–water partition coefficient (Wildman–Crippen LogP) is 13.9. The zero-order valence-electron chi connectivity index (χ0n) is 30.5. The van der Waals surface area contributed by atoms with E-state index in [9.17, 15) is 0 Å². The average Bonchev–Trinajstić information content (AvgIpc) is 3.91. The van der Waals surface area contributed by atoms with Gasteiger partial charge in [-0.2, -0.15) is 0 Å². The van der Waals surface area contributed by atoms with Gasteiger partial charge in [-0.1, -0.05) is 121 Å². The van der Waals surface area contributed by atoms with E-state index in [1.165, 1.54) is 77.4 Å². The van der Waals surface area contributed by atoms with Gasteiger partial charge in [-0.05, 0) is 118 Å². The van der Waals surface area contributed by atoms with E-state index in [2.05, 4.69) is 179 Å². The van der Waals surface area contributed by atoms with E-state index in [0.29, 0.717) is 0 Å². The third-order valence-corrected chi connectivity index (χ3v) is 12.9. The van der Waals surface area contributed by atoms with Crippen LogP contribution in [0.5, 0.6) is 0 Å². The van der Waals surface area contributed by atoms with Crippen LogP contribution < -0.4 is 4.90 Å². The third-order valence-electron chi connectivity index (χ3n) is 12.9. The molecule has 0 saturated heterocycles. The first-order valence-electron chi connectivity index (χ1n) is 19.6. The lowest BCUT2D eigenvalue weighted by Gasteiger charge is -2.37. The molecular formula is C53H34N2O. The van der Waals surface area contributed by atoms with Crippen molar-refractivity contribution < 1.29 is 4.42 Å². The maximum absolute atomic E-state index is 6.22. The molecule has 262 valence electrons. The molecule has 3 aliphatic carbocycles. The second-order valence-corrected chi connectivity index (χ2v) is 15.5. The number of nitrogens with zero attached hydrogens (tertiary/aromatic N) is 2. The molecule has 1 atom stereocenters. The van der Waals surface area contributed by atoms with E-state index in [1.54, 1.807) is 0 Å². The van der Waals surface area contributed by atoms with Crippen molar-refractivity contribution >= 4 is 71.6 Å². The molecule has 3 nitrogen and oxygen atoms in total. The monoisotopic (exact) mass is 714 g/mol. The number of furan rings is 1. The smallest absolute Gasteiger partial charge is 0.135 e. The number of hydrogen-bond donors (Lipinski definition) is 0. The number of benzene rings is 8.